The minimum absolute atomic E-state index is 0.112. The second-order valence-corrected chi connectivity index (χ2v) is 5.33. The van der Waals surface area contributed by atoms with Crippen LogP contribution >= 0.6 is 23.4 Å². The SMILES string of the molecule is CNc1ccc(Cl)c(C(=O)NC(C)CCSC)n1. The minimum Gasteiger partial charge on any atom is -0.373 e. The number of nitrogens with one attached hydrogen (secondary N) is 2. The van der Waals surface area contributed by atoms with E-state index in [1.165, 1.54) is 0 Å². The van der Waals surface area contributed by atoms with Crippen molar-refractivity contribution >= 4 is 35.1 Å². The van der Waals surface area contributed by atoms with E-state index in [2.05, 4.69) is 15.6 Å². The molecule has 0 aliphatic carbocycles. The third-order valence-electron chi connectivity index (χ3n) is 2.45. The van der Waals surface area contributed by atoms with Crippen LogP contribution in [0.1, 0.15) is 23.8 Å². The number of halogens is 1. The Labute approximate surface area is 117 Å². The summed E-state index contributed by atoms with van der Waals surface area (Å²) in [5.41, 5.74) is 0.263. The highest BCUT2D eigenvalue weighted by atomic mass is 35.5. The number of carbonyl (C=O) groups is 1. The van der Waals surface area contributed by atoms with Crippen molar-refractivity contribution in [3.05, 3.63) is 22.8 Å². The third kappa shape index (κ3) is 4.38. The van der Waals surface area contributed by atoms with Gasteiger partial charge in [-0.25, -0.2) is 4.98 Å². The van der Waals surface area contributed by atoms with Crippen molar-refractivity contribution < 1.29 is 4.79 Å². The van der Waals surface area contributed by atoms with Crippen LogP contribution in [0.5, 0.6) is 0 Å². The number of carbonyl (C=O) groups excluding carboxylic acids is 1. The zero-order valence-corrected chi connectivity index (χ0v) is 12.4. The molecule has 100 valence electrons. The highest BCUT2D eigenvalue weighted by Gasteiger charge is 2.15. The molecule has 0 aliphatic heterocycles. The first-order valence-electron chi connectivity index (χ1n) is 5.72. The van der Waals surface area contributed by atoms with E-state index in [1.54, 1.807) is 30.9 Å². The van der Waals surface area contributed by atoms with Crippen molar-refractivity contribution in [1.82, 2.24) is 10.3 Å². The Morgan fingerprint density at radius 2 is 2.28 bits per heavy atom. The Morgan fingerprint density at radius 1 is 1.56 bits per heavy atom. The van der Waals surface area contributed by atoms with E-state index in [1.807, 2.05) is 13.2 Å². The number of amides is 1. The van der Waals surface area contributed by atoms with Crippen molar-refractivity contribution in [3.63, 3.8) is 0 Å². The average molecular weight is 288 g/mol. The molecule has 1 atom stereocenters. The van der Waals surface area contributed by atoms with Crippen molar-refractivity contribution in [3.8, 4) is 0 Å². The van der Waals surface area contributed by atoms with E-state index in [9.17, 15) is 4.79 Å². The van der Waals surface area contributed by atoms with E-state index in [0.717, 1.165) is 12.2 Å². The lowest BCUT2D eigenvalue weighted by Crippen LogP contribution is -2.33. The van der Waals surface area contributed by atoms with Crippen LogP contribution in [0.2, 0.25) is 5.02 Å². The Hall–Kier alpha value is -0.940. The quantitative estimate of drug-likeness (QED) is 0.845. The van der Waals surface area contributed by atoms with Crippen LogP contribution in [-0.2, 0) is 0 Å². The summed E-state index contributed by atoms with van der Waals surface area (Å²) in [7, 11) is 1.75. The molecule has 0 spiro atoms. The lowest BCUT2D eigenvalue weighted by molar-refractivity contribution is 0.0935. The summed E-state index contributed by atoms with van der Waals surface area (Å²) in [4.78, 5) is 16.2. The number of rotatable bonds is 6. The second-order valence-electron chi connectivity index (χ2n) is 3.93. The highest BCUT2D eigenvalue weighted by Crippen LogP contribution is 2.16. The number of pyridine rings is 1. The number of aromatic nitrogens is 1. The maximum absolute atomic E-state index is 12.0. The first kappa shape index (κ1) is 15.1. The molecular weight excluding hydrogens is 270 g/mol. The zero-order chi connectivity index (χ0) is 13.5. The van der Waals surface area contributed by atoms with Gasteiger partial charge in [-0.15, -0.1) is 0 Å². The van der Waals surface area contributed by atoms with Crippen molar-refractivity contribution in [2.75, 3.05) is 24.4 Å². The monoisotopic (exact) mass is 287 g/mol. The normalized spacial score (nSPS) is 12.0. The standard InChI is InChI=1S/C12H18ClN3OS/c1-8(6-7-18-3)15-12(17)11-9(13)4-5-10(14-2)16-11/h4-5,8H,6-7H2,1-3H3,(H,14,16)(H,15,17). The predicted molar refractivity (Wildman–Crippen MR) is 78.7 cm³/mol. The van der Waals surface area contributed by atoms with Gasteiger partial charge in [0.1, 0.15) is 11.5 Å². The molecule has 1 amide bonds. The van der Waals surface area contributed by atoms with Crippen molar-refractivity contribution in [2.24, 2.45) is 0 Å². The predicted octanol–water partition coefficient (Wildman–Crippen LogP) is 2.65. The molecule has 1 heterocycles. The van der Waals surface area contributed by atoms with Gasteiger partial charge in [-0.2, -0.15) is 11.8 Å². The molecule has 0 saturated heterocycles. The Kier molecular flexibility index (Phi) is 6.29. The summed E-state index contributed by atoms with van der Waals surface area (Å²) >= 11 is 7.74. The fourth-order valence-electron chi connectivity index (χ4n) is 1.40. The van der Waals surface area contributed by atoms with Gasteiger partial charge in [-0.3, -0.25) is 4.79 Å². The fraction of sp³-hybridized carbons (Fsp3) is 0.500. The van der Waals surface area contributed by atoms with Gasteiger partial charge < -0.3 is 10.6 Å². The van der Waals surface area contributed by atoms with Gasteiger partial charge in [0.05, 0.1) is 5.02 Å². The van der Waals surface area contributed by atoms with Crippen LogP contribution in [0.25, 0.3) is 0 Å². The van der Waals surface area contributed by atoms with Crippen molar-refractivity contribution in [2.45, 2.75) is 19.4 Å². The van der Waals surface area contributed by atoms with Crippen LogP contribution in [0.3, 0.4) is 0 Å². The molecular formula is C12H18ClN3OS. The molecule has 0 saturated carbocycles. The van der Waals surface area contributed by atoms with Crippen LogP contribution in [0.15, 0.2) is 12.1 Å². The van der Waals surface area contributed by atoms with Crippen LogP contribution < -0.4 is 10.6 Å². The van der Waals surface area contributed by atoms with Gasteiger partial charge in [-0.05, 0) is 37.5 Å². The van der Waals surface area contributed by atoms with Crippen LogP contribution in [0, 0.1) is 0 Å². The molecule has 0 radical (unpaired) electrons. The van der Waals surface area contributed by atoms with Gasteiger partial charge >= 0.3 is 0 Å². The summed E-state index contributed by atoms with van der Waals surface area (Å²) in [5, 5.41) is 6.14. The highest BCUT2D eigenvalue weighted by molar-refractivity contribution is 7.98. The fourth-order valence-corrected chi connectivity index (χ4v) is 2.18. The largest absolute Gasteiger partial charge is 0.373 e. The topological polar surface area (TPSA) is 54.0 Å². The Balaban J connectivity index is 2.71. The van der Waals surface area contributed by atoms with Crippen molar-refractivity contribution in [1.29, 1.82) is 0 Å². The first-order valence-corrected chi connectivity index (χ1v) is 7.49. The molecule has 1 aromatic rings. The van der Waals surface area contributed by atoms with Gasteiger partial charge in [0.25, 0.3) is 5.91 Å². The second kappa shape index (κ2) is 7.48. The molecule has 0 bridgehead atoms. The molecule has 18 heavy (non-hydrogen) atoms. The number of thioether (sulfide) groups is 1. The van der Waals surface area contributed by atoms with E-state index >= 15 is 0 Å². The summed E-state index contributed by atoms with van der Waals surface area (Å²) < 4.78 is 0. The number of hydrogen-bond acceptors (Lipinski definition) is 4. The van der Waals surface area contributed by atoms with E-state index in [-0.39, 0.29) is 17.6 Å². The zero-order valence-electron chi connectivity index (χ0n) is 10.8. The molecule has 4 nitrogen and oxygen atoms in total. The molecule has 1 rings (SSSR count). The molecule has 2 N–H and O–H groups in total. The van der Waals surface area contributed by atoms with Crippen LogP contribution in [0.4, 0.5) is 5.82 Å². The number of nitrogens with zero attached hydrogens (tertiary/aromatic N) is 1. The molecule has 0 fully saturated rings. The number of anilines is 1. The minimum atomic E-state index is -0.231. The third-order valence-corrected chi connectivity index (χ3v) is 3.40. The molecule has 1 aromatic heterocycles. The molecule has 0 aliphatic rings. The summed E-state index contributed by atoms with van der Waals surface area (Å²) in [6.07, 6.45) is 2.97. The van der Waals surface area contributed by atoms with Gasteiger partial charge in [-0.1, -0.05) is 11.6 Å². The van der Waals surface area contributed by atoms with E-state index < -0.39 is 0 Å². The smallest absolute Gasteiger partial charge is 0.271 e. The molecule has 6 heteroatoms. The lowest BCUT2D eigenvalue weighted by atomic mass is 10.2. The average Bonchev–Trinajstić information content (AvgIpc) is 2.36. The Morgan fingerprint density at radius 3 is 2.89 bits per heavy atom. The number of hydrogen-bond donors (Lipinski definition) is 2. The first-order chi connectivity index (χ1) is 8.58. The summed E-state index contributed by atoms with van der Waals surface area (Å²) in [6, 6.07) is 3.51. The Bertz CT molecular complexity index is 414. The summed E-state index contributed by atoms with van der Waals surface area (Å²) in [6.45, 7) is 1.98. The van der Waals surface area contributed by atoms with Gasteiger partial charge in [0.2, 0.25) is 0 Å². The van der Waals surface area contributed by atoms with Gasteiger partial charge in [0.15, 0.2) is 0 Å². The lowest BCUT2D eigenvalue weighted by Gasteiger charge is -2.13. The summed E-state index contributed by atoms with van der Waals surface area (Å²) in [5.74, 6) is 1.41. The van der Waals surface area contributed by atoms with E-state index in [0.29, 0.717) is 10.8 Å². The van der Waals surface area contributed by atoms with Gasteiger partial charge in [0, 0.05) is 13.1 Å². The maximum atomic E-state index is 12.0. The maximum Gasteiger partial charge on any atom is 0.271 e. The molecule has 0 aromatic carbocycles. The van der Waals surface area contributed by atoms with E-state index in [4.69, 9.17) is 11.6 Å². The van der Waals surface area contributed by atoms with Crippen LogP contribution in [-0.4, -0.2) is 36.0 Å². The molecule has 1 unspecified atom stereocenters.